The smallest absolute Gasteiger partial charge is 0.261 e. The van der Waals surface area contributed by atoms with Gasteiger partial charge in [-0.25, -0.2) is 8.42 Å². The Kier molecular flexibility index (Phi) is 7.56. The van der Waals surface area contributed by atoms with Gasteiger partial charge in [0.1, 0.15) is 0 Å². The van der Waals surface area contributed by atoms with Gasteiger partial charge in [0.05, 0.1) is 15.5 Å². The lowest BCUT2D eigenvalue weighted by Gasteiger charge is -2.15. The van der Waals surface area contributed by atoms with E-state index in [1.165, 1.54) is 48.7 Å². The van der Waals surface area contributed by atoms with Crippen LogP contribution in [0.4, 0.5) is 5.69 Å². The molecule has 0 radical (unpaired) electrons. The van der Waals surface area contributed by atoms with Crippen molar-refractivity contribution in [2.75, 3.05) is 17.8 Å². The summed E-state index contributed by atoms with van der Waals surface area (Å²) in [6, 6.07) is 19.2. The van der Waals surface area contributed by atoms with Gasteiger partial charge in [-0.2, -0.15) is 0 Å². The van der Waals surface area contributed by atoms with Crippen molar-refractivity contribution in [3.8, 4) is 0 Å². The van der Waals surface area contributed by atoms with Crippen molar-refractivity contribution in [1.82, 2.24) is 10.2 Å². The maximum absolute atomic E-state index is 12.8. The molecule has 1 aliphatic rings. The van der Waals surface area contributed by atoms with Crippen LogP contribution in [0.25, 0.3) is 0 Å². The number of anilines is 1. The van der Waals surface area contributed by atoms with Crippen molar-refractivity contribution in [3.63, 3.8) is 0 Å². The van der Waals surface area contributed by atoms with Crippen LogP contribution in [0.2, 0.25) is 5.02 Å². The van der Waals surface area contributed by atoms with Crippen LogP contribution in [-0.4, -0.2) is 32.3 Å². The van der Waals surface area contributed by atoms with Crippen LogP contribution in [-0.2, 0) is 23.1 Å². The largest absolute Gasteiger partial charge is 0.348 e. The second kappa shape index (κ2) is 10.6. The summed E-state index contributed by atoms with van der Waals surface area (Å²) in [5.41, 5.74) is 3.67. The Morgan fingerprint density at radius 3 is 2.26 bits per heavy atom. The van der Waals surface area contributed by atoms with Gasteiger partial charge in [0.25, 0.3) is 15.9 Å². The molecule has 3 aromatic carbocycles. The Balaban J connectivity index is 1.39. The maximum atomic E-state index is 12.8. The summed E-state index contributed by atoms with van der Waals surface area (Å²) in [5.74, 6) is -0.373. The number of carbonyl (C=O) groups excluding carboxylic acids is 1. The van der Waals surface area contributed by atoms with Crippen LogP contribution in [0, 0.1) is 6.92 Å². The zero-order valence-corrected chi connectivity index (χ0v) is 20.6. The fourth-order valence-corrected chi connectivity index (χ4v) is 5.19. The molecule has 3 aromatic rings. The van der Waals surface area contributed by atoms with Crippen LogP contribution < -0.4 is 10.0 Å². The van der Waals surface area contributed by atoms with Gasteiger partial charge in [0.2, 0.25) is 0 Å². The molecule has 2 N–H and O–H groups in total. The molecule has 34 heavy (non-hydrogen) atoms. The number of nitrogens with zero attached hydrogens (tertiary/aromatic N) is 1. The molecule has 178 valence electrons. The molecular formula is C26H28ClN3O3S. The first-order valence-corrected chi connectivity index (χ1v) is 13.1. The van der Waals surface area contributed by atoms with Gasteiger partial charge < -0.3 is 5.32 Å². The number of carbonyl (C=O) groups is 1. The van der Waals surface area contributed by atoms with Gasteiger partial charge in [0, 0.05) is 18.8 Å². The molecule has 0 aliphatic carbocycles. The zero-order valence-electron chi connectivity index (χ0n) is 19.1. The van der Waals surface area contributed by atoms with E-state index in [-0.39, 0.29) is 27.1 Å². The third kappa shape index (κ3) is 6.17. The summed E-state index contributed by atoms with van der Waals surface area (Å²) >= 11 is 6.24. The summed E-state index contributed by atoms with van der Waals surface area (Å²) < 4.78 is 27.9. The van der Waals surface area contributed by atoms with Crippen LogP contribution >= 0.6 is 11.6 Å². The van der Waals surface area contributed by atoms with Gasteiger partial charge in [-0.1, -0.05) is 53.6 Å². The van der Waals surface area contributed by atoms with Crippen molar-refractivity contribution in [2.45, 2.75) is 37.8 Å². The highest BCUT2D eigenvalue weighted by atomic mass is 35.5. The first kappa shape index (κ1) is 24.3. The minimum Gasteiger partial charge on any atom is -0.348 e. The number of likely N-dealkylation sites (tertiary alicyclic amines) is 1. The standard InChI is InChI=1S/C26H28ClN3O3S/c1-19-4-11-23(12-5-19)34(32,33)29-22-10-13-25(27)24(16-22)26(31)28-17-20-6-8-21(9-7-20)18-30-14-2-3-15-30/h4-13,16,29H,2-3,14-15,17-18H2,1H3,(H,28,31). The molecule has 6 nitrogen and oxygen atoms in total. The summed E-state index contributed by atoms with van der Waals surface area (Å²) in [6.45, 7) is 5.49. The second-order valence-corrected chi connectivity index (χ2v) is 10.7. The van der Waals surface area contributed by atoms with Gasteiger partial charge in [-0.3, -0.25) is 14.4 Å². The Hall–Kier alpha value is -2.87. The number of sulfonamides is 1. The van der Waals surface area contributed by atoms with Gasteiger partial charge in [-0.05, 0) is 74.3 Å². The van der Waals surface area contributed by atoms with Gasteiger partial charge >= 0.3 is 0 Å². The summed E-state index contributed by atoms with van der Waals surface area (Å²) in [6.07, 6.45) is 2.53. The van der Waals surface area contributed by atoms with E-state index in [4.69, 9.17) is 11.6 Å². The molecular weight excluding hydrogens is 470 g/mol. The average Bonchev–Trinajstić information content (AvgIpc) is 3.33. The van der Waals surface area contributed by atoms with Crippen LogP contribution in [0.1, 0.15) is 39.9 Å². The fraction of sp³-hybridized carbons (Fsp3) is 0.269. The molecule has 0 spiro atoms. The number of rotatable bonds is 8. The topological polar surface area (TPSA) is 78.5 Å². The number of nitrogens with one attached hydrogen (secondary N) is 2. The second-order valence-electron chi connectivity index (χ2n) is 8.60. The molecule has 1 fully saturated rings. The number of benzene rings is 3. The average molecular weight is 498 g/mol. The van der Waals surface area contributed by atoms with Crippen molar-refractivity contribution in [2.24, 2.45) is 0 Å². The third-order valence-electron chi connectivity index (χ3n) is 5.88. The molecule has 1 aliphatic heterocycles. The molecule has 0 unspecified atom stereocenters. The predicted molar refractivity (Wildman–Crippen MR) is 136 cm³/mol. The highest BCUT2D eigenvalue weighted by Gasteiger charge is 2.17. The van der Waals surface area contributed by atoms with Crippen molar-refractivity contribution >= 4 is 33.2 Å². The van der Waals surface area contributed by atoms with E-state index in [0.717, 1.165) is 30.8 Å². The van der Waals surface area contributed by atoms with E-state index >= 15 is 0 Å². The number of amides is 1. The SMILES string of the molecule is Cc1ccc(S(=O)(=O)Nc2ccc(Cl)c(C(=O)NCc3ccc(CN4CCCC4)cc3)c2)cc1. The number of aryl methyl sites for hydroxylation is 1. The minimum atomic E-state index is -3.78. The lowest BCUT2D eigenvalue weighted by molar-refractivity contribution is 0.0951. The lowest BCUT2D eigenvalue weighted by Crippen LogP contribution is -2.23. The first-order valence-electron chi connectivity index (χ1n) is 11.3. The quantitative estimate of drug-likeness (QED) is 0.460. The monoisotopic (exact) mass is 497 g/mol. The van der Waals surface area contributed by atoms with E-state index in [0.29, 0.717) is 6.54 Å². The molecule has 4 rings (SSSR count). The van der Waals surface area contributed by atoms with Gasteiger partial charge in [0.15, 0.2) is 0 Å². The number of hydrogen-bond donors (Lipinski definition) is 2. The number of halogens is 1. The zero-order chi connectivity index (χ0) is 24.1. The first-order chi connectivity index (χ1) is 16.3. The lowest BCUT2D eigenvalue weighted by atomic mass is 10.1. The molecule has 0 atom stereocenters. The summed E-state index contributed by atoms with van der Waals surface area (Å²) in [5, 5.41) is 3.11. The molecule has 1 heterocycles. The van der Waals surface area contributed by atoms with E-state index in [9.17, 15) is 13.2 Å². The molecule has 0 aromatic heterocycles. The molecule has 0 bridgehead atoms. The molecule has 8 heteroatoms. The minimum absolute atomic E-state index is 0.146. The summed E-state index contributed by atoms with van der Waals surface area (Å²) in [4.78, 5) is 15.4. The Bertz CT molecular complexity index is 1250. The van der Waals surface area contributed by atoms with E-state index < -0.39 is 10.0 Å². The van der Waals surface area contributed by atoms with Crippen molar-refractivity contribution in [1.29, 1.82) is 0 Å². The van der Waals surface area contributed by atoms with Crippen molar-refractivity contribution < 1.29 is 13.2 Å². The Morgan fingerprint density at radius 1 is 0.941 bits per heavy atom. The normalized spacial score (nSPS) is 14.2. The predicted octanol–water partition coefficient (Wildman–Crippen LogP) is 4.98. The third-order valence-corrected chi connectivity index (χ3v) is 7.60. The van der Waals surface area contributed by atoms with Crippen LogP contribution in [0.3, 0.4) is 0 Å². The van der Waals surface area contributed by atoms with E-state index in [2.05, 4.69) is 27.1 Å². The van der Waals surface area contributed by atoms with Gasteiger partial charge in [-0.15, -0.1) is 0 Å². The maximum Gasteiger partial charge on any atom is 0.261 e. The highest BCUT2D eigenvalue weighted by Crippen LogP contribution is 2.23. The fourth-order valence-electron chi connectivity index (χ4n) is 3.93. The number of hydrogen-bond acceptors (Lipinski definition) is 4. The van der Waals surface area contributed by atoms with Crippen LogP contribution in [0.5, 0.6) is 0 Å². The van der Waals surface area contributed by atoms with E-state index in [1.807, 2.05) is 19.1 Å². The highest BCUT2D eigenvalue weighted by molar-refractivity contribution is 7.92. The molecule has 1 amide bonds. The Morgan fingerprint density at radius 2 is 1.59 bits per heavy atom. The van der Waals surface area contributed by atoms with Crippen LogP contribution in [0.15, 0.2) is 71.6 Å². The molecule has 1 saturated heterocycles. The Labute approximate surface area is 206 Å². The summed E-state index contributed by atoms with van der Waals surface area (Å²) in [7, 11) is -3.78. The van der Waals surface area contributed by atoms with Crippen molar-refractivity contribution in [3.05, 3.63) is 94.0 Å². The van der Waals surface area contributed by atoms with E-state index in [1.54, 1.807) is 12.1 Å². The molecule has 0 saturated carbocycles.